The van der Waals surface area contributed by atoms with Crippen LogP contribution >= 0.6 is 0 Å². The van der Waals surface area contributed by atoms with Crippen molar-refractivity contribution < 1.29 is 14.0 Å². The highest BCUT2D eigenvalue weighted by atomic mass is 16.6. The molecule has 0 heterocycles. The molecular formula is C15H21BO3. The van der Waals surface area contributed by atoms with Gasteiger partial charge in [0.15, 0.2) is 0 Å². The average molecular weight is 260 g/mol. The third kappa shape index (κ3) is 6.33. The van der Waals surface area contributed by atoms with E-state index in [1.165, 1.54) is 0 Å². The van der Waals surface area contributed by atoms with Gasteiger partial charge in [-0.25, -0.2) is 0 Å². The molecule has 0 saturated carbocycles. The number of benzene rings is 1. The van der Waals surface area contributed by atoms with Gasteiger partial charge in [0.25, 0.3) is 0 Å². The fourth-order valence-electron chi connectivity index (χ4n) is 1.41. The van der Waals surface area contributed by atoms with Gasteiger partial charge in [0.1, 0.15) is 5.75 Å². The highest BCUT2D eigenvalue weighted by molar-refractivity contribution is 6.54. The van der Waals surface area contributed by atoms with Crippen molar-refractivity contribution in [1.29, 1.82) is 0 Å². The molecule has 0 unspecified atom stereocenters. The van der Waals surface area contributed by atoms with Crippen molar-refractivity contribution in [2.24, 2.45) is 0 Å². The van der Waals surface area contributed by atoms with Crippen LogP contribution in [-0.4, -0.2) is 26.4 Å². The fourth-order valence-corrected chi connectivity index (χ4v) is 1.41. The summed E-state index contributed by atoms with van der Waals surface area (Å²) in [6.45, 7) is 7.86. The summed E-state index contributed by atoms with van der Waals surface area (Å²) in [5.41, 5.74) is 0.908. The average Bonchev–Trinajstić information content (AvgIpc) is 2.35. The summed E-state index contributed by atoms with van der Waals surface area (Å²) >= 11 is 0. The predicted octanol–water partition coefficient (Wildman–Crippen LogP) is 2.92. The molecule has 0 saturated heterocycles. The molecule has 0 aliphatic carbocycles. The van der Waals surface area contributed by atoms with E-state index in [0.717, 1.165) is 11.3 Å². The predicted molar refractivity (Wildman–Crippen MR) is 78.1 cm³/mol. The highest BCUT2D eigenvalue weighted by Crippen LogP contribution is 2.10. The van der Waals surface area contributed by atoms with E-state index in [2.05, 4.69) is 11.7 Å². The monoisotopic (exact) mass is 260 g/mol. The second-order valence-corrected chi connectivity index (χ2v) is 4.70. The topological polar surface area (TPSA) is 27.7 Å². The lowest BCUT2D eigenvalue weighted by Crippen LogP contribution is -2.28. The van der Waals surface area contributed by atoms with Crippen molar-refractivity contribution in [3.8, 4) is 17.5 Å². The van der Waals surface area contributed by atoms with Gasteiger partial charge in [0.2, 0.25) is 0 Å². The minimum atomic E-state index is -0.498. The van der Waals surface area contributed by atoms with Crippen LogP contribution in [0.2, 0.25) is 0 Å². The van der Waals surface area contributed by atoms with Gasteiger partial charge >= 0.3 is 7.12 Å². The van der Waals surface area contributed by atoms with Gasteiger partial charge in [-0.1, -0.05) is 11.7 Å². The number of hydrogen-bond donors (Lipinski definition) is 0. The molecule has 0 atom stereocenters. The summed E-state index contributed by atoms with van der Waals surface area (Å²) in [6.07, 6.45) is 0.155. The smallest absolute Gasteiger partial charge is 0.497 e. The maximum absolute atomic E-state index is 5.61. The zero-order valence-corrected chi connectivity index (χ0v) is 12.3. The van der Waals surface area contributed by atoms with E-state index in [-0.39, 0.29) is 12.2 Å². The maximum atomic E-state index is 5.61. The van der Waals surface area contributed by atoms with Gasteiger partial charge in [-0.2, -0.15) is 0 Å². The first-order chi connectivity index (χ1) is 9.01. The molecule has 1 aromatic carbocycles. The van der Waals surface area contributed by atoms with E-state index in [1.54, 1.807) is 7.11 Å². The van der Waals surface area contributed by atoms with Gasteiger partial charge in [0, 0.05) is 17.8 Å². The van der Waals surface area contributed by atoms with Crippen LogP contribution in [0.5, 0.6) is 5.75 Å². The normalized spacial score (nSPS) is 10.3. The molecule has 1 rings (SSSR count). The minimum Gasteiger partial charge on any atom is -0.497 e. The zero-order chi connectivity index (χ0) is 14.3. The summed E-state index contributed by atoms with van der Waals surface area (Å²) in [5, 5.41) is 0. The van der Waals surface area contributed by atoms with Crippen LogP contribution in [0.25, 0.3) is 0 Å². The Bertz CT molecular complexity index is 419. The summed E-state index contributed by atoms with van der Waals surface area (Å²) in [6, 6.07) is 7.58. The molecule has 1 aromatic rings. The second kappa shape index (κ2) is 7.88. The van der Waals surface area contributed by atoms with E-state index < -0.39 is 7.12 Å². The molecule has 0 fully saturated rings. The van der Waals surface area contributed by atoms with Gasteiger partial charge < -0.3 is 14.0 Å². The molecule has 0 aromatic heterocycles. The quantitative estimate of drug-likeness (QED) is 0.601. The second-order valence-electron chi connectivity index (χ2n) is 4.70. The van der Waals surface area contributed by atoms with Crippen molar-refractivity contribution in [2.75, 3.05) is 7.11 Å². The van der Waals surface area contributed by atoms with Crippen molar-refractivity contribution in [3.63, 3.8) is 0 Å². The first-order valence-electron chi connectivity index (χ1n) is 6.47. The molecule has 0 amide bonds. The molecule has 0 radical (unpaired) electrons. The van der Waals surface area contributed by atoms with Crippen LogP contribution < -0.4 is 4.74 Å². The Labute approximate surface area is 116 Å². The van der Waals surface area contributed by atoms with Crippen LogP contribution in [-0.2, 0) is 9.31 Å². The zero-order valence-electron chi connectivity index (χ0n) is 12.3. The Morgan fingerprint density at radius 2 is 1.47 bits per heavy atom. The summed E-state index contributed by atoms with van der Waals surface area (Å²) in [7, 11) is 1.14. The van der Waals surface area contributed by atoms with E-state index in [9.17, 15) is 0 Å². The molecule has 0 spiro atoms. The molecule has 3 nitrogen and oxygen atoms in total. The van der Waals surface area contributed by atoms with E-state index in [4.69, 9.17) is 14.0 Å². The van der Waals surface area contributed by atoms with Gasteiger partial charge in [-0.05, 0) is 52.0 Å². The van der Waals surface area contributed by atoms with Gasteiger partial charge in [-0.3, -0.25) is 0 Å². The molecule has 102 valence electrons. The third-order valence-corrected chi connectivity index (χ3v) is 2.22. The molecule has 0 aliphatic rings. The molecule has 19 heavy (non-hydrogen) atoms. The Kier molecular flexibility index (Phi) is 6.48. The Morgan fingerprint density at radius 1 is 0.947 bits per heavy atom. The van der Waals surface area contributed by atoms with Crippen molar-refractivity contribution in [3.05, 3.63) is 29.8 Å². The summed E-state index contributed by atoms with van der Waals surface area (Å²) in [4.78, 5) is 0. The summed E-state index contributed by atoms with van der Waals surface area (Å²) < 4.78 is 16.3. The standard InChI is InChI=1S/C15H21BO3/c1-12(2)18-16(19-13(3)4)11-10-14-6-8-15(17-5)9-7-14/h6-9,12-13H,1-5H3. The van der Waals surface area contributed by atoms with Crippen LogP contribution in [0.1, 0.15) is 33.3 Å². The van der Waals surface area contributed by atoms with E-state index in [1.807, 2.05) is 52.0 Å². The summed E-state index contributed by atoms with van der Waals surface area (Å²) in [5.74, 6) is 6.87. The lowest BCUT2D eigenvalue weighted by atomic mass is 9.90. The van der Waals surface area contributed by atoms with Crippen molar-refractivity contribution >= 4 is 7.12 Å². The number of methoxy groups -OCH3 is 1. The third-order valence-electron chi connectivity index (χ3n) is 2.22. The van der Waals surface area contributed by atoms with E-state index >= 15 is 0 Å². The number of rotatable bonds is 5. The molecular weight excluding hydrogens is 239 g/mol. The molecule has 4 heteroatoms. The van der Waals surface area contributed by atoms with Crippen molar-refractivity contribution in [1.82, 2.24) is 0 Å². The molecule has 0 aliphatic heterocycles. The Morgan fingerprint density at radius 3 is 1.89 bits per heavy atom. The van der Waals surface area contributed by atoms with Crippen LogP contribution in [0.3, 0.4) is 0 Å². The van der Waals surface area contributed by atoms with Crippen LogP contribution in [0, 0.1) is 11.7 Å². The minimum absolute atomic E-state index is 0.0777. The lowest BCUT2D eigenvalue weighted by molar-refractivity contribution is 0.140. The SMILES string of the molecule is COc1ccc(C#CB(OC(C)C)OC(C)C)cc1. The van der Waals surface area contributed by atoms with Crippen molar-refractivity contribution in [2.45, 2.75) is 39.9 Å². The van der Waals surface area contributed by atoms with Gasteiger partial charge in [-0.15, -0.1) is 0 Å². The Hall–Kier alpha value is -1.44. The largest absolute Gasteiger partial charge is 0.550 e. The lowest BCUT2D eigenvalue weighted by Gasteiger charge is -2.14. The molecule has 0 bridgehead atoms. The first-order valence-corrected chi connectivity index (χ1v) is 6.47. The maximum Gasteiger partial charge on any atom is 0.550 e. The van der Waals surface area contributed by atoms with E-state index in [0.29, 0.717) is 0 Å². The molecule has 0 N–H and O–H groups in total. The fraction of sp³-hybridized carbons (Fsp3) is 0.467. The Balaban J connectivity index is 2.73. The van der Waals surface area contributed by atoms with Gasteiger partial charge in [0.05, 0.1) is 7.11 Å². The van der Waals surface area contributed by atoms with Crippen LogP contribution in [0.15, 0.2) is 24.3 Å². The number of ether oxygens (including phenoxy) is 1. The highest BCUT2D eigenvalue weighted by Gasteiger charge is 2.18. The van der Waals surface area contributed by atoms with Crippen LogP contribution in [0.4, 0.5) is 0 Å². The number of hydrogen-bond acceptors (Lipinski definition) is 3. The first kappa shape index (κ1) is 15.6.